The third-order valence-corrected chi connectivity index (χ3v) is 5.49. The molecule has 152 valence electrons. The molecule has 3 rings (SSSR count). The monoisotopic (exact) mass is 409 g/mol. The van der Waals surface area contributed by atoms with Crippen LogP contribution in [0.3, 0.4) is 0 Å². The summed E-state index contributed by atoms with van der Waals surface area (Å²) in [5, 5.41) is 29.5. The van der Waals surface area contributed by atoms with Crippen LogP contribution in [-0.2, 0) is 4.74 Å². The van der Waals surface area contributed by atoms with E-state index in [1.807, 2.05) is 18.2 Å². The fourth-order valence-electron chi connectivity index (χ4n) is 4.13. The van der Waals surface area contributed by atoms with E-state index < -0.39 is 35.0 Å². The fraction of sp³-hybridized carbons (Fsp3) is 0.333. The summed E-state index contributed by atoms with van der Waals surface area (Å²) in [7, 11) is 0. The molecule has 30 heavy (non-hydrogen) atoms. The lowest BCUT2D eigenvalue weighted by atomic mass is 9.58. The van der Waals surface area contributed by atoms with Crippen molar-refractivity contribution in [2.75, 3.05) is 19.7 Å². The number of hydrogen-bond acceptors (Lipinski definition) is 6. The first kappa shape index (κ1) is 20.8. The molecule has 0 saturated carbocycles. The highest BCUT2D eigenvalue weighted by molar-refractivity contribution is 5.69. The van der Waals surface area contributed by atoms with Crippen molar-refractivity contribution < 1.29 is 18.3 Å². The van der Waals surface area contributed by atoms with Crippen LogP contribution in [0.1, 0.15) is 18.4 Å². The van der Waals surface area contributed by atoms with Gasteiger partial charge in [0.15, 0.2) is 17.0 Å². The highest BCUT2D eigenvalue weighted by atomic mass is 19.2. The average molecular weight is 409 g/mol. The molecule has 1 aromatic rings. The lowest BCUT2D eigenvalue weighted by molar-refractivity contribution is 0.0999. The van der Waals surface area contributed by atoms with Gasteiger partial charge in [-0.3, -0.25) is 0 Å². The maximum atomic E-state index is 14.0. The van der Waals surface area contributed by atoms with Crippen LogP contribution in [0.15, 0.2) is 41.1 Å². The van der Waals surface area contributed by atoms with Crippen molar-refractivity contribution in [3.8, 4) is 18.2 Å². The summed E-state index contributed by atoms with van der Waals surface area (Å²) in [6, 6.07) is 8.83. The summed E-state index contributed by atoms with van der Waals surface area (Å²) in [5.74, 6) is -3.99. The van der Waals surface area contributed by atoms with E-state index in [4.69, 9.17) is 10.5 Å². The van der Waals surface area contributed by atoms with Crippen LogP contribution in [0.2, 0.25) is 0 Å². The second-order valence-electron chi connectivity index (χ2n) is 6.95. The molecule has 2 unspecified atom stereocenters. The first-order valence-electron chi connectivity index (χ1n) is 9.14. The third kappa shape index (κ3) is 3.03. The number of nitriles is 3. The Morgan fingerprint density at radius 3 is 2.57 bits per heavy atom. The van der Waals surface area contributed by atoms with Crippen molar-refractivity contribution in [2.24, 2.45) is 17.1 Å². The normalized spacial score (nSPS) is 22.1. The predicted molar refractivity (Wildman–Crippen MR) is 99.8 cm³/mol. The highest BCUT2D eigenvalue weighted by Gasteiger charge is 2.55. The minimum atomic E-state index is -2.00. The lowest BCUT2D eigenvalue weighted by Gasteiger charge is -2.45. The fourth-order valence-corrected chi connectivity index (χ4v) is 4.13. The molecule has 2 N–H and O–H groups in total. The Morgan fingerprint density at radius 1 is 1.30 bits per heavy atom. The van der Waals surface area contributed by atoms with Crippen LogP contribution in [-0.4, -0.2) is 30.7 Å². The molecule has 0 spiro atoms. The minimum absolute atomic E-state index is 0.00885. The number of fused-ring (bicyclic) bond motifs is 1. The van der Waals surface area contributed by atoms with Gasteiger partial charge in [0.25, 0.3) is 0 Å². The number of rotatable bonds is 2. The number of allylic oxidation sites excluding steroid dienone is 2. The molecule has 0 radical (unpaired) electrons. The van der Waals surface area contributed by atoms with Crippen LogP contribution in [0.25, 0.3) is 0 Å². The Bertz CT molecular complexity index is 1080. The van der Waals surface area contributed by atoms with Crippen LogP contribution >= 0.6 is 0 Å². The van der Waals surface area contributed by atoms with Crippen molar-refractivity contribution in [1.82, 2.24) is 4.90 Å². The molecule has 7 nitrogen and oxygen atoms in total. The van der Waals surface area contributed by atoms with Gasteiger partial charge in [-0.25, -0.2) is 13.6 Å². The number of nitrogens with two attached hydrogens (primary N) is 1. The van der Waals surface area contributed by atoms with Gasteiger partial charge in [0.1, 0.15) is 6.07 Å². The Hall–Kier alpha value is -3.90. The molecule has 1 aliphatic carbocycles. The topological polar surface area (TPSA) is 127 Å². The molecule has 2 aliphatic rings. The van der Waals surface area contributed by atoms with Crippen LogP contribution in [0.4, 0.5) is 13.6 Å². The molecule has 1 amide bonds. The number of amides is 1. The van der Waals surface area contributed by atoms with Gasteiger partial charge in [-0.05, 0) is 30.2 Å². The lowest BCUT2D eigenvalue weighted by Crippen LogP contribution is -2.49. The molecule has 0 aromatic heterocycles. The van der Waals surface area contributed by atoms with Gasteiger partial charge in [0.2, 0.25) is 0 Å². The van der Waals surface area contributed by atoms with Crippen molar-refractivity contribution in [1.29, 1.82) is 15.8 Å². The third-order valence-electron chi connectivity index (χ3n) is 5.49. The Labute approximate surface area is 171 Å². The zero-order valence-corrected chi connectivity index (χ0v) is 16.0. The zero-order chi connectivity index (χ0) is 22.1. The van der Waals surface area contributed by atoms with E-state index in [2.05, 4.69) is 0 Å². The van der Waals surface area contributed by atoms with Crippen LogP contribution in [0.5, 0.6) is 0 Å². The summed E-state index contributed by atoms with van der Waals surface area (Å²) in [6.45, 7) is 1.96. The summed E-state index contributed by atoms with van der Waals surface area (Å²) in [6.07, 6.45) is 1.01. The Balaban J connectivity index is 2.26. The van der Waals surface area contributed by atoms with Crippen molar-refractivity contribution in [2.45, 2.75) is 12.8 Å². The first-order valence-corrected chi connectivity index (χ1v) is 9.14. The molecular weight excluding hydrogens is 392 g/mol. The van der Waals surface area contributed by atoms with E-state index in [9.17, 15) is 29.4 Å². The smallest absolute Gasteiger partial charge is 0.410 e. The van der Waals surface area contributed by atoms with E-state index in [1.54, 1.807) is 13.0 Å². The van der Waals surface area contributed by atoms with Gasteiger partial charge in [-0.2, -0.15) is 15.8 Å². The largest absolute Gasteiger partial charge is 0.450 e. The van der Waals surface area contributed by atoms with E-state index in [1.165, 1.54) is 11.0 Å². The number of ether oxygens (including phenoxy) is 1. The second-order valence-corrected chi connectivity index (χ2v) is 6.95. The molecule has 0 fully saturated rings. The SMILES string of the molecule is CCOC(=O)N1CC=C2C(C#N)=C(N)C(C#N)(C#N)C(c3ccc(F)c(F)c3)C2C1. The number of carbonyl (C=O) groups excluding carboxylic acids is 1. The van der Waals surface area contributed by atoms with Gasteiger partial charge in [-0.15, -0.1) is 0 Å². The molecule has 1 aromatic carbocycles. The molecule has 0 saturated heterocycles. The maximum absolute atomic E-state index is 14.0. The first-order chi connectivity index (χ1) is 14.3. The van der Waals surface area contributed by atoms with Gasteiger partial charge in [0.05, 0.1) is 30.0 Å². The van der Waals surface area contributed by atoms with Crippen LogP contribution < -0.4 is 5.73 Å². The minimum Gasteiger partial charge on any atom is -0.450 e. The van der Waals surface area contributed by atoms with Gasteiger partial charge in [-0.1, -0.05) is 12.1 Å². The van der Waals surface area contributed by atoms with Gasteiger partial charge in [0, 0.05) is 24.9 Å². The second kappa shape index (κ2) is 7.85. The molecule has 1 heterocycles. The summed E-state index contributed by atoms with van der Waals surface area (Å²) in [4.78, 5) is 13.6. The highest BCUT2D eigenvalue weighted by Crippen LogP contribution is 2.54. The number of carbonyl (C=O) groups is 1. The van der Waals surface area contributed by atoms with E-state index in [0.717, 1.165) is 12.1 Å². The average Bonchev–Trinajstić information content (AvgIpc) is 2.75. The van der Waals surface area contributed by atoms with Crippen molar-refractivity contribution in [3.05, 3.63) is 58.3 Å². The predicted octanol–water partition coefficient (Wildman–Crippen LogP) is 2.85. The Morgan fingerprint density at radius 2 is 2.00 bits per heavy atom. The summed E-state index contributed by atoms with van der Waals surface area (Å²) in [5.41, 5.74) is 4.51. The molecule has 9 heteroatoms. The Kier molecular flexibility index (Phi) is 5.45. The van der Waals surface area contributed by atoms with Gasteiger partial charge >= 0.3 is 6.09 Å². The van der Waals surface area contributed by atoms with Gasteiger partial charge < -0.3 is 15.4 Å². The van der Waals surface area contributed by atoms with E-state index in [0.29, 0.717) is 5.57 Å². The maximum Gasteiger partial charge on any atom is 0.410 e. The summed E-state index contributed by atoms with van der Waals surface area (Å²) >= 11 is 0. The molecule has 1 aliphatic heterocycles. The van der Waals surface area contributed by atoms with E-state index >= 15 is 0 Å². The molecule has 0 bridgehead atoms. The number of benzene rings is 1. The van der Waals surface area contributed by atoms with Crippen LogP contribution in [0, 0.1) is 57.0 Å². The molecular formula is C21H17F2N5O2. The zero-order valence-electron chi connectivity index (χ0n) is 16.0. The standard InChI is InChI=1S/C21H17F2N5O2/c1-2-30-20(29)28-6-5-13-14(8-24)19(27)21(10-25,11-26)18(15(13)9-28)12-3-4-16(22)17(23)7-12/h3-5,7,15,18H,2,6,9,27H2,1H3. The number of halogens is 2. The number of nitrogens with zero attached hydrogens (tertiary/aromatic N) is 4. The number of hydrogen-bond donors (Lipinski definition) is 1. The molecule has 2 atom stereocenters. The van der Waals surface area contributed by atoms with Crippen molar-refractivity contribution in [3.63, 3.8) is 0 Å². The van der Waals surface area contributed by atoms with Crippen molar-refractivity contribution >= 4 is 6.09 Å². The van der Waals surface area contributed by atoms with E-state index in [-0.39, 0.29) is 36.5 Å². The quantitative estimate of drug-likeness (QED) is 0.800. The summed E-state index contributed by atoms with van der Waals surface area (Å²) < 4.78 is 32.6.